The van der Waals surface area contributed by atoms with Crippen LogP contribution in [0.3, 0.4) is 0 Å². The van der Waals surface area contributed by atoms with Crippen molar-refractivity contribution in [3.05, 3.63) is 53.8 Å². The Morgan fingerprint density at radius 3 is 2.45 bits per heavy atom. The first-order valence-corrected chi connectivity index (χ1v) is 9.37. The summed E-state index contributed by atoms with van der Waals surface area (Å²) >= 11 is 0. The molecule has 0 heterocycles. The molecule has 0 aliphatic rings. The van der Waals surface area contributed by atoms with Crippen LogP contribution in [0.15, 0.2) is 42.5 Å². The second-order valence-electron chi connectivity index (χ2n) is 6.08. The maximum Gasteiger partial charge on any atom is 0.279 e. The average Bonchev–Trinajstić information content (AvgIpc) is 2.72. The highest BCUT2D eigenvalue weighted by molar-refractivity contribution is 5.96. The van der Waals surface area contributed by atoms with Crippen LogP contribution >= 0.6 is 0 Å². The highest BCUT2D eigenvalue weighted by Crippen LogP contribution is 2.28. The Kier molecular flexibility index (Phi) is 8.27. The molecule has 0 aliphatic carbocycles. The summed E-state index contributed by atoms with van der Waals surface area (Å²) in [5.41, 5.74) is 4.84. The fraction of sp³-hybridized carbons (Fsp3) is 0.333. The van der Waals surface area contributed by atoms with Gasteiger partial charge >= 0.3 is 0 Å². The largest absolute Gasteiger partial charge is 0.490 e. The first-order valence-electron chi connectivity index (χ1n) is 9.37. The molecule has 0 unspecified atom stereocenters. The van der Waals surface area contributed by atoms with Gasteiger partial charge in [-0.1, -0.05) is 19.1 Å². The minimum atomic E-state index is -1.02. The summed E-state index contributed by atoms with van der Waals surface area (Å²) in [6.45, 7) is 6.20. The monoisotopic (exact) mass is 404 g/mol. The minimum Gasteiger partial charge on any atom is -0.490 e. The number of amides is 2. The van der Waals surface area contributed by atoms with Crippen LogP contribution in [-0.4, -0.2) is 31.1 Å². The Morgan fingerprint density at radius 2 is 1.76 bits per heavy atom. The van der Waals surface area contributed by atoms with E-state index in [4.69, 9.17) is 14.2 Å². The van der Waals surface area contributed by atoms with Crippen LogP contribution in [0.4, 0.5) is 4.39 Å². The fourth-order valence-corrected chi connectivity index (χ4v) is 2.33. The number of benzene rings is 2. The Labute approximate surface area is 169 Å². The molecule has 0 bridgehead atoms. The van der Waals surface area contributed by atoms with E-state index in [0.29, 0.717) is 24.7 Å². The maximum absolute atomic E-state index is 13.6. The molecule has 0 spiro atoms. The minimum absolute atomic E-state index is 0.0505. The summed E-state index contributed by atoms with van der Waals surface area (Å²) < 4.78 is 30.0. The second kappa shape index (κ2) is 10.9. The third-order valence-electron chi connectivity index (χ3n) is 3.78. The van der Waals surface area contributed by atoms with Gasteiger partial charge in [0.2, 0.25) is 0 Å². The standard InChI is InChI=1S/C21H25FN2O5/c1-4-12-28-18-11-10-15(13-19(18)27-5-2)21(26)24-23-20(25)14(3)29-17-9-7-6-8-16(17)22/h6-11,13-14H,4-5,12H2,1-3H3,(H,23,25)(H,24,26)/t14-/m1/s1. The average molecular weight is 404 g/mol. The normalized spacial score (nSPS) is 11.3. The van der Waals surface area contributed by atoms with Gasteiger partial charge in [-0.15, -0.1) is 0 Å². The van der Waals surface area contributed by atoms with Gasteiger partial charge in [0.1, 0.15) is 0 Å². The van der Waals surface area contributed by atoms with E-state index in [2.05, 4.69) is 10.9 Å². The van der Waals surface area contributed by atoms with Gasteiger partial charge in [-0.05, 0) is 50.6 Å². The van der Waals surface area contributed by atoms with Crippen molar-refractivity contribution in [1.29, 1.82) is 0 Å². The van der Waals surface area contributed by atoms with E-state index in [9.17, 15) is 14.0 Å². The number of carbonyl (C=O) groups is 2. The summed E-state index contributed by atoms with van der Waals surface area (Å²) in [6, 6.07) is 10.5. The van der Waals surface area contributed by atoms with E-state index in [1.54, 1.807) is 18.2 Å². The van der Waals surface area contributed by atoms with E-state index >= 15 is 0 Å². The van der Waals surface area contributed by atoms with Gasteiger partial charge in [0, 0.05) is 5.56 Å². The molecule has 1 atom stereocenters. The van der Waals surface area contributed by atoms with Crippen molar-refractivity contribution in [3.8, 4) is 17.2 Å². The van der Waals surface area contributed by atoms with Crippen molar-refractivity contribution >= 4 is 11.8 Å². The van der Waals surface area contributed by atoms with Crippen LogP contribution in [-0.2, 0) is 4.79 Å². The predicted octanol–water partition coefficient (Wildman–Crippen LogP) is 3.24. The lowest BCUT2D eigenvalue weighted by Gasteiger charge is -2.16. The lowest BCUT2D eigenvalue weighted by Crippen LogP contribution is -2.47. The van der Waals surface area contributed by atoms with Crippen LogP contribution in [0.1, 0.15) is 37.6 Å². The Morgan fingerprint density at radius 1 is 1.00 bits per heavy atom. The Bertz CT molecular complexity index is 844. The molecule has 0 aromatic heterocycles. The summed E-state index contributed by atoms with van der Waals surface area (Å²) in [5.74, 6) is -0.818. The fourth-order valence-electron chi connectivity index (χ4n) is 2.33. The van der Waals surface area contributed by atoms with E-state index in [1.165, 1.54) is 31.2 Å². The molecule has 0 saturated carbocycles. The first-order chi connectivity index (χ1) is 14.0. The predicted molar refractivity (Wildman–Crippen MR) is 105 cm³/mol. The molecule has 2 aromatic rings. The van der Waals surface area contributed by atoms with Crippen LogP contribution in [0.5, 0.6) is 17.2 Å². The molecule has 2 rings (SSSR count). The number of hydrogen-bond donors (Lipinski definition) is 2. The molecule has 2 aromatic carbocycles. The molecule has 2 amide bonds. The molecular formula is C21H25FN2O5. The molecule has 2 N–H and O–H groups in total. The second-order valence-corrected chi connectivity index (χ2v) is 6.08. The van der Waals surface area contributed by atoms with Crippen molar-refractivity contribution in [2.75, 3.05) is 13.2 Å². The van der Waals surface area contributed by atoms with Crippen LogP contribution in [0.2, 0.25) is 0 Å². The number of carbonyl (C=O) groups excluding carboxylic acids is 2. The molecule has 0 saturated heterocycles. The molecule has 29 heavy (non-hydrogen) atoms. The van der Waals surface area contributed by atoms with E-state index in [-0.39, 0.29) is 11.3 Å². The number of nitrogens with one attached hydrogen (secondary N) is 2. The molecule has 0 fully saturated rings. The van der Waals surface area contributed by atoms with Gasteiger partial charge in [0.15, 0.2) is 29.2 Å². The summed E-state index contributed by atoms with van der Waals surface area (Å²) in [5, 5.41) is 0. The van der Waals surface area contributed by atoms with Crippen molar-refractivity contribution in [3.63, 3.8) is 0 Å². The van der Waals surface area contributed by atoms with Gasteiger partial charge in [0.25, 0.3) is 11.8 Å². The molecule has 0 radical (unpaired) electrons. The summed E-state index contributed by atoms with van der Waals surface area (Å²) in [4.78, 5) is 24.5. The van der Waals surface area contributed by atoms with Crippen LogP contribution in [0, 0.1) is 5.82 Å². The first kappa shape index (κ1) is 22.0. The van der Waals surface area contributed by atoms with Gasteiger partial charge in [-0.2, -0.15) is 0 Å². The number of para-hydroxylation sites is 1. The molecular weight excluding hydrogens is 379 g/mol. The lowest BCUT2D eigenvalue weighted by molar-refractivity contribution is -0.128. The zero-order valence-corrected chi connectivity index (χ0v) is 16.7. The van der Waals surface area contributed by atoms with Crippen molar-refractivity contribution < 1.29 is 28.2 Å². The SMILES string of the molecule is CCCOc1ccc(C(=O)NNC(=O)[C@@H](C)Oc2ccccc2F)cc1OCC. The quantitative estimate of drug-likeness (QED) is 0.627. The third kappa shape index (κ3) is 6.38. The molecule has 0 aliphatic heterocycles. The Balaban J connectivity index is 1.96. The summed E-state index contributed by atoms with van der Waals surface area (Å²) in [7, 11) is 0. The van der Waals surface area contributed by atoms with Gasteiger partial charge in [-0.25, -0.2) is 4.39 Å². The van der Waals surface area contributed by atoms with Crippen LogP contribution < -0.4 is 25.1 Å². The Hall–Kier alpha value is -3.29. The van der Waals surface area contributed by atoms with E-state index in [1.807, 2.05) is 13.8 Å². The summed E-state index contributed by atoms with van der Waals surface area (Å²) in [6.07, 6.45) is -0.177. The number of rotatable bonds is 9. The highest BCUT2D eigenvalue weighted by Gasteiger charge is 2.18. The number of hydrogen-bond acceptors (Lipinski definition) is 5. The van der Waals surface area contributed by atoms with Gasteiger partial charge < -0.3 is 14.2 Å². The topological polar surface area (TPSA) is 85.9 Å². The molecule has 156 valence electrons. The number of hydrazine groups is 1. The molecule has 8 heteroatoms. The zero-order chi connectivity index (χ0) is 21.2. The number of ether oxygens (including phenoxy) is 3. The van der Waals surface area contributed by atoms with Crippen LogP contribution in [0.25, 0.3) is 0 Å². The highest BCUT2D eigenvalue weighted by atomic mass is 19.1. The maximum atomic E-state index is 13.6. The van der Waals surface area contributed by atoms with Crippen molar-refractivity contribution in [1.82, 2.24) is 10.9 Å². The van der Waals surface area contributed by atoms with Crippen molar-refractivity contribution in [2.24, 2.45) is 0 Å². The van der Waals surface area contributed by atoms with Gasteiger partial charge in [-0.3, -0.25) is 20.4 Å². The smallest absolute Gasteiger partial charge is 0.279 e. The molecule has 7 nitrogen and oxygen atoms in total. The van der Waals surface area contributed by atoms with E-state index in [0.717, 1.165) is 6.42 Å². The lowest BCUT2D eigenvalue weighted by atomic mass is 10.2. The van der Waals surface area contributed by atoms with E-state index < -0.39 is 23.7 Å². The van der Waals surface area contributed by atoms with Crippen molar-refractivity contribution in [2.45, 2.75) is 33.3 Å². The third-order valence-corrected chi connectivity index (χ3v) is 3.78. The van der Waals surface area contributed by atoms with Gasteiger partial charge in [0.05, 0.1) is 13.2 Å². The zero-order valence-electron chi connectivity index (χ0n) is 16.7. The number of halogens is 1.